The molecule has 6 heteroatoms. The van der Waals surface area contributed by atoms with Crippen molar-refractivity contribution in [2.45, 2.75) is 0 Å². The summed E-state index contributed by atoms with van der Waals surface area (Å²) in [5.41, 5.74) is 6.62. The molecule has 1 aromatic rings. The van der Waals surface area contributed by atoms with Gasteiger partial charge >= 0.3 is 0 Å². The first-order valence-electron chi connectivity index (χ1n) is 6.07. The minimum atomic E-state index is -0.282. The Kier molecular flexibility index (Phi) is 5.81. The van der Waals surface area contributed by atoms with E-state index in [0.717, 1.165) is 0 Å². The third-order valence-corrected chi connectivity index (χ3v) is 2.70. The number of nitrogen functional groups attached to an aromatic ring is 1. The summed E-state index contributed by atoms with van der Waals surface area (Å²) in [5, 5.41) is 5.54. The molecule has 104 valence electrons. The number of likely N-dealkylation sites (N-methyl/N-ethyl adjacent to an activating group) is 2. The van der Waals surface area contributed by atoms with Crippen LogP contribution in [0.1, 0.15) is 10.4 Å². The van der Waals surface area contributed by atoms with Crippen LogP contribution in [0, 0.1) is 0 Å². The molecule has 0 saturated carbocycles. The van der Waals surface area contributed by atoms with Gasteiger partial charge in [0.25, 0.3) is 5.91 Å². The van der Waals surface area contributed by atoms with E-state index in [1.807, 2.05) is 7.05 Å². The zero-order valence-corrected chi connectivity index (χ0v) is 11.3. The molecule has 19 heavy (non-hydrogen) atoms. The molecule has 1 aromatic carbocycles. The lowest BCUT2D eigenvalue weighted by molar-refractivity contribution is -0.128. The third-order valence-electron chi connectivity index (χ3n) is 2.70. The molecular weight excluding hydrogens is 244 g/mol. The predicted molar refractivity (Wildman–Crippen MR) is 74.8 cm³/mol. The van der Waals surface area contributed by atoms with Gasteiger partial charge in [0.15, 0.2) is 0 Å². The molecule has 0 atom stereocenters. The fourth-order valence-electron chi connectivity index (χ4n) is 1.43. The van der Waals surface area contributed by atoms with E-state index in [2.05, 4.69) is 10.6 Å². The van der Waals surface area contributed by atoms with Crippen LogP contribution in [0.4, 0.5) is 5.69 Å². The zero-order chi connectivity index (χ0) is 14.3. The van der Waals surface area contributed by atoms with Crippen LogP contribution in [0.15, 0.2) is 24.3 Å². The van der Waals surface area contributed by atoms with E-state index in [-0.39, 0.29) is 18.4 Å². The first kappa shape index (κ1) is 15.0. The lowest BCUT2D eigenvalue weighted by Crippen LogP contribution is -2.40. The molecule has 0 bridgehead atoms. The molecule has 6 nitrogen and oxygen atoms in total. The van der Waals surface area contributed by atoms with Crippen molar-refractivity contribution in [3.63, 3.8) is 0 Å². The second-order valence-electron chi connectivity index (χ2n) is 4.22. The number of carbonyl (C=O) groups is 2. The molecule has 0 aromatic heterocycles. The standard InChI is InChI=1S/C13H20N4O2/c1-15-7-8-17(2)12(18)9-16-13(19)10-3-5-11(14)6-4-10/h3-6,15H,7-9,14H2,1-2H3,(H,16,19). The van der Waals surface area contributed by atoms with Gasteiger partial charge in [-0.25, -0.2) is 0 Å². The molecule has 0 aliphatic heterocycles. The number of nitrogens with zero attached hydrogens (tertiary/aromatic N) is 1. The smallest absolute Gasteiger partial charge is 0.251 e. The van der Waals surface area contributed by atoms with E-state index in [4.69, 9.17) is 5.73 Å². The Balaban J connectivity index is 2.41. The van der Waals surface area contributed by atoms with Crippen molar-refractivity contribution < 1.29 is 9.59 Å². The molecule has 2 amide bonds. The number of hydrogen-bond donors (Lipinski definition) is 3. The summed E-state index contributed by atoms with van der Waals surface area (Å²) in [6.07, 6.45) is 0. The number of benzene rings is 1. The largest absolute Gasteiger partial charge is 0.399 e. The molecule has 0 aliphatic rings. The van der Waals surface area contributed by atoms with Gasteiger partial charge in [-0.3, -0.25) is 9.59 Å². The first-order valence-corrected chi connectivity index (χ1v) is 6.07. The van der Waals surface area contributed by atoms with Crippen molar-refractivity contribution in [3.8, 4) is 0 Å². The van der Waals surface area contributed by atoms with Gasteiger partial charge in [-0.2, -0.15) is 0 Å². The second kappa shape index (κ2) is 7.38. The van der Waals surface area contributed by atoms with E-state index >= 15 is 0 Å². The highest BCUT2D eigenvalue weighted by molar-refractivity contribution is 5.96. The normalized spacial score (nSPS) is 10.0. The summed E-state index contributed by atoms with van der Waals surface area (Å²) in [6.45, 7) is 1.31. The quantitative estimate of drug-likeness (QED) is 0.614. The summed E-state index contributed by atoms with van der Waals surface area (Å²) >= 11 is 0. The average Bonchev–Trinajstić information content (AvgIpc) is 2.42. The molecule has 4 N–H and O–H groups in total. The summed E-state index contributed by atoms with van der Waals surface area (Å²) in [5.74, 6) is -0.408. The molecule has 0 spiro atoms. The Morgan fingerprint density at radius 2 is 1.89 bits per heavy atom. The van der Waals surface area contributed by atoms with Crippen molar-refractivity contribution in [3.05, 3.63) is 29.8 Å². The molecule has 1 rings (SSSR count). The summed E-state index contributed by atoms with van der Waals surface area (Å²) in [7, 11) is 3.52. The summed E-state index contributed by atoms with van der Waals surface area (Å²) < 4.78 is 0. The molecular formula is C13H20N4O2. The maximum atomic E-state index is 11.8. The number of hydrogen-bond acceptors (Lipinski definition) is 4. The minimum Gasteiger partial charge on any atom is -0.399 e. The van der Waals surface area contributed by atoms with Gasteiger partial charge < -0.3 is 21.3 Å². The Morgan fingerprint density at radius 1 is 1.26 bits per heavy atom. The predicted octanol–water partition coefficient (Wildman–Crippen LogP) is -0.324. The minimum absolute atomic E-state index is 0.0105. The maximum absolute atomic E-state index is 11.8. The Hall–Kier alpha value is -2.08. The van der Waals surface area contributed by atoms with Crippen molar-refractivity contribution >= 4 is 17.5 Å². The van der Waals surface area contributed by atoms with E-state index in [1.54, 1.807) is 36.2 Å². The number of anilines is 1. The molecule has 0 fully saturated rings. The number of nitrogens with two attached hydrogens (primary N) is 1. The number of nitrogens with one attached hydrogen (secondary N) is 2. The summed E-state index contributed by atoms with van der Waals surface area (Å²) in [4.78, 5) is 25.0. The number of rotatable bonds is 6. The van der Waals surface area contributed by atoms with E-state index in [9.17, 15) is 9.59 Å². The highest BCUT2D eigenvalue weighted by Crippen LogP contribution is 2.04. The van der Waals surface area contributed by atoms with Gasteiger partial charge in [-0.1, -0.05) is 0 Å². The molecule has 0 aliphatic carbocycles. The lowest BCUT2D eigenvalue weighted by atomic mass is 10.2. The Labute approximate surface area is 113 Å². The van der Waals surface area contributed by atoms with Gasteiger partial charge in [0.1, 0.15) is 0 Å². The number of carbonyl (C=O) groups excluding carboxylic acids is 2. The van der Waals surface area contributed by atoms with Gasteiger partial charge in [0.2, 0.25) is 5.91 Å². The van der Waals surface area contributed by atoms with Crippen molar-refractivity contribution in [2.24, 2.45) is 0 Å². The van der Waals surface area contributed by atoms with Crippen LogP contribution in [-0.4, -0.2) is 50.4 Å². The monoisotopic (exact) mass is 264 g/mol. The van der Waals surface area contributed by atoms with E-state index < -0.39 is 0 Å². The summed E-state index contributed by atoms with van der Waals surface area (Å²) in [6, 6.07) is 6.55. The van der Waals surface area contributed by atoms with Crippen LogP contribution in [0.2, 0.25) is 0 Å². The fourth-order valence-corrected chi connectivity index (χ4v) is 1.43. The molecule has 0 heterocycles. The first-order chi connectivity index (χ1) is 9.04. The SMILES string of the molecule is CNCCN(C)C(=O)CNC(=O)c1ccc(N)cc1. The maximum Gasteiger partial charge on any atom is 0.251 e. The average molecular weight is 264 g/mol. The molecule has 0 unspecified atom stereocenters. The fraction of sp³-hybridized carbons (Fsp3) is 0.385. The Morgan fingerprint density at radius 3 is 2.47 bits per heavy atom. The lowest BCUT2D eigenvalue weighted by Gasteiger charge is -2.17. The van der Waals surface area contributed by atoms with Gasteiger partial charge in [0, 0.05) is 31.4 Å². The third kappa shape index (κ3) is 4.97. The van der Waals surface area contributed by atoms with Crippen molar-refractivity contribution in [1.29, 1.82) is 0 Å². The molecule has 0 saturated heterocycles. The highest BCUT2D eigenvalue weighted by atomic mass is 16.2. The molecule has 0 radical (unpaired) electrons. The van der Waals surface area contributed by atoms with Crippen LogP contribution < -0.4 is 16.4 Å². The van der Waals surface area contributed by atoms with Crippen LogP contribution in [0.5, 0.6) is 0 Å². The van der Waals surface area contributed by atoms with Crippen LogP contribution in [0.25, 0.3) is 0 Å². The van der Waals surface area contributed by atoms with Crippen molar-refractivity contribution in [2.75, 3.05) is 39.5 Å². The zero-order valence-electron chi connectivity index (χ0n) is 11.3. The van der Waals surface area contributed by atoms with Crippen LogP contribution in [-0.2, 0) is 4.79 Å². The second-order valence-corrected chi connectivity index (χ2v) is 4.22. The van der Waals surface area contributed by atoms with E-state index in [0.29, 0.717) is 24.3 Å². The Bertz CT molecular complexity index is 431. The van der Waals surface area contributed by atoms with Gasteiger partial charge in [-0.05, 0) is 31.3 Å². The number of amides is 2. The van der Waals surface area contributed by atoms with Gasteiger partial charge in [-0.15, -0.1) is 0 Å². The van der Waals surface area contributed by atoms with Crippen LogP contribution in [0.3, 0.4) is 0 Å². The van der Waals surface area contributed by atoms with Crippen molar-refractivity contribution in [1.82, 2.24) is 15.5 Å². The highest BCUT2D eigenvalue weighted by Gasteiger charge is 2.10. The topological polar surface area (TPSA) is 87.5 Å². The van der Waals surface area contributed by atoms with E-state index in [1.165, 1.54) is 0 Å². The van der Waals surface area contributed by atoms with Crippen LogP contribution >= 0.6 is 0 Å². The van der Waals surface area contributed by atoms with Gasteiger partial charge in [0.05, 0.1) is 6.54 Å².